The van der Waals surface area contributed by atoms with Crippen molar-refractivity contribution in [3.05, 3.63) is 170 Å². The van der Waals surface area contributed by atoms with Crippen LogP contribution < -0.4 is 39.0 Å². The molecule has 6 aromatic carbocycles. The molecule has 0 radical (unpaired) electrons. The van der Waals surface area contributed by atoms with Crippen LogP contribution in [0.25, 0.3) is 0 Å². The Kier molecular flexibility index (Phi) is 6.34. The summed E-state index contributed by atoms with van der Waals surface area (Å²) < 4.78 is 5.60. The van der Waals surface area contributed by atoms with E-state index in [2.05, 4.69) is 170 Å². The van der Waals surface area contributed by atoms with E-state index >= 15 is 0 Å². The summed E-state index contributed by atoms with van der Waals surface area (Å²) >= 11 is -4.47. The molecular weight excluding hydrogens is 756 g/mol. The monoisotopic (exact) mass is 788 g/mol. The normalized spacial score (nSPS) is 20.2. The summed E-state index contributed by atoms with van der Waals surface area (Å²) in [5.74, 6) is 0. The maximum atomic E-state index is 2.61. The minimum absolute atomic E-state index is 0.949. The number of benzene rings is 6. The Morgan fingerprint density at radius 2 is 0.571 bits per heavy atom. The number of rotatable bonds is 4. The molecule has 0 saturated carbocycles. The summed E-state index contributed by atoms with van der Waals surface area (Å²) in [6.07, 6.45) is 0. The van der Waals surface area contributed by atoms with Crippen molar-refractivity contribution in [3.63, 3.8) is 0 Å². The Bertz CT molecular complexity index is 1680. The van der Waals surface area contributed by atoms with Gasteiger partial charge in [-0.2, -0.15) is 0 Å². The van der Waals surface area contributed by atoms with Crippen LogP contribution in [0.2, 0.25) is 0 Å². The molecule has 0 nitrogen and oxygen atoms in total. The van der Waals surface area contributed by atoms with Gasteiger partial charge in [-0.3, -0.25) is 0 Å². The SMILES string of the molecule is c1ccc([P+]2(c3ccccc3)c3cccc[c]3[Sn-]3[CH]2[Sn-]2[c]4ccccc4[P+](c4ccccc4)(c4ccccc4)[CH]32)cc1. The van der Waals surface area contributed by atoms with Gasteiger partial charge in [0.05, 0.1) is 0 Å². The standard InChI is InChI=1S/2C19H15P.2Sn/c2*1-20(17-11-5-2-6-12-17,18-13-7-3-8-14-18)19-15-9-4-10-16-19;;/h2*1-15H;;/q2*+1;2*-1. The molecule has 0 aliphatic carbocycles. The van der Waals surface area contributed by atoms with Crippen molar-refractivity contribution in [3.8, 4) is 0 Å². The minimum atomic E-state index is -2.23. The van der Waals surface area contributed by atoms with Gasteiger partial charge < -0.3 is 0 Å². The number of hydrogen-bond donors (Lipinski definition) is 0. The zero-order valence-corrected chi connectivity index (χ0v) is 30.7. The van der Waals surface area contributed by atoms with Crippen molar-refractivity contribution < 1.29 is 0 Å². The molecule has 4 heteroatoms. The molecule has 0 N–H and O–H groups in total. The van der Waals surface area contributed by atoms with E-state index in [1.807, 2.05) is 7.16 Å². The van der Waals surface area contributed by atoms with Crippen molar-refractivity contribution in [1.82, 2.24) is 0 Å². The van der Waals surface area contributed by atoms with Crippen LogP contribution in [-0.4, -0.2) is 42.9 Å². The van der Waals surface area contributed by atoms with Gasteiger partial charge in [-0.25, -0.2) is 0 Å². The Labute approximate surface area is 264 Å². The van der Waals surface area contributed by atoms with Crippen LogP contribution in [0.3, 0.4) is 0 Å². The van der Waals surface area contributed by atoms with E-state index in [9.17, 15) is 0 Å². The van der Waals surface area contributed by atoms with E-state index < -0.39 is 54.0 Å². The summed E-state index contributed by atoms with van der Waals surface area (Å²) in [6.45, 7) is 0. The van der Waals surface area contributed by atoms with E-state index in [1.54, 1.807) is 31.8 Å². The summed E-state index contributed by atoms with van der Waals surface area (Å²) in [6, 6.07) is 67.1. The van der Waals surface area contributed by atoms with Crippen molar-refractivity contribution in [2.75, 3.05) is 0 Å². The van der Waals surface area contributed by atoms with Crippen molar-refractivity contribution in [1.29, 1.82) is 0 Å². The van der Waals surface area contributed by atoms with E-state index in [1.165, 1.54) is 0 Å². The van der Waals surface area contributed by atoms with E-state index in [0.717, 1.165) is 3.38 Å². The third kappa shape index (κ3) is 3.34. The van der Waals surface area contributed by atoms with Crippen molar-refractivity contribution >= 4 is 93.0 Å². The average molecular weight is 786 g/mol. The molecule has 0 atom stereocenters. The van der Waals surface area contributed by atoms with Gasteiger partial charge in [0.2, 0.25) is 0 Å². The van der Waals surface area contributed by atoms with Gasteiger partial charge in [0, 0.05) is 0 Å². The first-order chi connectivity index (χ1) is 20.9. The Morgan fingerprint density at radius 3 is 0.881 bits per heavy atom. The second-order valence-electron chi connectivity index (χ2n) is 11.5. The fourth-order valence-electron chi connectivity index (χ4n) is 8.39. The predicted octanol–water partition coefficient (Wildman–Crippen LogP) is 4.31. The van der Waals surface area contributed by atoms with Gasteiger partial charge in [0.25, 0.3) is 0 Å². The number of hydrogen-bond acceptors (Lipinski definition) is 0. The molecule has 1 saturated heterocycles. The van der Waals surface area contributed by atoms with Gasteiger partial charge in [-0.05, 0) is 0 Å². The molecule has 0 spiro atoms. The Balaban J connectivity index is 1.40. The van der Waals surface area contributed by atoms with Crippen LogP contribution in [0, 0.1) is 0 Å². The van der Waals surface area contributed by atoms with Gasteiger partial charge in [0.1, 0.15) is 0 Å². The first kappa shape index (κ1) is 26.2. The van der Waals surface area contributed by atoms with E-state index in [4.69, 9.17) is 0 Å². The van der Waals surface area contributed by atoms with Crippen LogP contribution in [0.5, 0.6) is 0 Å². The molecule has 0 bridgehead atoms. The second kappa shape index (κ2) is 10.2. The molecule has 1 fully saturated rings. The third-order valence-electron chi connectivity index (χ3n) is 9.80. The fraction of sp³-hybridized carbons (Fsp3) is 0.0526. The Morgan fingerprint density at radius 1 is 0.310 bits per heavy atom. The van der Waals surface area contributed by atoms with E-state index in [-0.39, 0.29) is 0 Å². The van der Waals surface area contributed by atoms with Crippen LogP contribution in [-0.2, 0) is 0 Å². The summed E-state index contributed by atoms with van der Waals surface area (Å²) in [4.78, 5) is 0. The molecule has 0 amide bonds. The van der Waals surface area contributed by atoms with Crippen molar-refractivity contribution in [2.45, 2.75) is 3.38 Å². The molecule has 9 rings (SSSR count). The molecule has 3 heterocycles. The molecule has 0 unspecified atom stereocenters. The average Bonchev–Trinajstić information content (AvgIpc) is 3.47. The van der Waals surface area contributed by atoms with Crippen LogP contribution in [0.15, 0.2) is 170 Å². The second-order valence-corrected chi connectivity index (χ2v) is 48.3. The molecule has 42 heavy (non-hydrogen) atoms. The molecule has 6 aromatic rings. The zero-order chi connectivity index (χ0) is 27.7. The first-order valence-electron chi connectivity index (χ1n) is 14.8. The predicted molar refractivity (Wildman–Crippen MR) is 189 cm³/mol. The quantitative estimate of drug-likeness (QED) is 0.185. The molecule has 0 aromatic heterocycles. The third-order valence-corrected chi connectivity index (χ3v) is 76.6. The summed E-state index contributed by atoms with van der Waals surface area (Å²) in [5, 5.41) is 10.0. The van der Waals surface area contributed by atoms with Crippen molar-refractivity contribution in [2.24, 2.45) is 0 Å². The van der Waals surface area contributed by atoms with Gasteiger partial charge in [-0.1, -0.05) is 0 Å². The Hall–Kier alpha value is -2.22. The molecular formula is C38H30P2Sn2. The topological polar surface area (TPSA) is 0 Å². The number of fused-ring (bicyclic) bond motifs is 8. The molecule has 200 valence electrons. The first-order valence-corrected chi connectivity index (χ1v) is 28.0. The van der Waals surface area contributed by atoms with Gasteiger partial charge in [0.15, 0.2) is 0 Å². The van der Waals surface area contributed by atoms with Crippen LogP contribution in [0.4, 0.5) is 0 Å². The molecule has 3 aliphatic rings. The van der Waals surface area contributed by atoms with Crippen LogP contribution in [0.1, 0.15) is 0 Å². The molecule has 3 aliphatic heterocycles. The van der Waals surface area contributed by atoms with Gasteiger partial charge in [-0.15, -0.1) is 0 Å². The van der Waals surface area contributed by atoms with E-state index in [0.29, 0.717) is 0 Å². The summed E-state index contributed by atoms with van der Waals surface area (Å²) in [5.41, 5.74) is 0. The zero-order valence-electron chi connectivity index (χ0n) is 23.2. The van der Waals surface area contributed by atoms with Gasteiger partial charge >= 0.3 is 266 Å². The summed E-state index contributed by atoms with van der Waals surface area (Å²) in [7, 11) is -3.55. The van der Waals surface area contributed by atoms with Crippen LogP contribution >= 0.6 is 14.5 Å². The maximum absolute atomic E-state index is 2.61. The fourth-order valence-corrected chi connectivity index (χ4v) is 113.